The number of nitrogens with zero attached hydrogens (tertiary/aromatic N) is 1. The largest absolute Gasteiger partial charge is 0.391 e. The Morgan fingerprint density at radius 2 is 1.76 bits per heavy atom. The number of hydrogen-bond acceptors (Lipinski definition) is 4. The maximum absolute atomic E-state index is 12.3. The Balaban J connectivity index is 1.61. The van der Waals surface area contributed by atoms with Gasteiger partial charge in [0.05, 0.1) is 12.1 Å². The summed E-state index contributed by atoms with van der Waals surface area (Å²) in [4.78, 5) is 12.3. The predicted octanol–water partition coefficient (Wildman–Crippen LogP) is 3.06. The molecule has 0 aliphatic heterocycles. The number of benzene rings is 2. The monoisotopic (exact) mass is 336 g/mol. The van der Waals surface area contributed by atoms with Crippen LogP contribution in [0.3, 0.4) is 0 Å². The first-order valence-corrected chi connectivity index (χ1v) is 8.18. The Bertz CT molecular complexity index is 815. The summed E-state index contributed by atoms with van der Waals surface area (Å²) in [6.07, 6.45) is -0.226. The van der Waals surface area contributed by atoms with Crippen molar-refractivity contribution >= 4 is 5.91 Å². The lowest BCUT2D eigenvalue weighted by molar-refractivity contribution is 0.0817. The van der Waals surface area contributed by atoms with Crippen LogP contribution in [0, 0.1) is 0 Å². The molecular weight excluding hydrogens is 316 g/mol. The molecule has 3 aromatic rings. The van der Waals surface area contributed by atoms with Crippen LogP contribution in [0.25, 0.3) is 11.3 Å². The van der Waals surface area contributed by atoms with Crippen LogP contribution in [0.1, 0.15) is 23.0 Å². The van der Waals surface area contributed by atoms with Gasteiger partial charge in [-0.25, -0.2) is 0 Å². The first kappa shape index (κ1) is 16.9. The number of carbonyl (C=O) groups excluding carboxylic acids is 1. The molecule has 1 aromatic heterocycles. The van der Waals surface area contributed by atoms with Crippen molar-refractivity contribution in [2.75, 3.05) is 0 Å². The topological polar surface area (TPSA) is 75.4 Å². The molecule has 3 rings (SSSR count). The van der Waals surface area contributed by atoms with E-state index < -0.39 is 18.1 Å². The molecule has 0 fully saturated rings. The van der Waals surface area contributed by atoms with Crippen molar-refractivity contribution in [1.82, 2.24) is 10.5 Å². The van der Waals surface area contributed by atoms with Gasteiger partial charge in [-0.05, 0) is 12.5 Å². The summed E-state index contributed by atoms with van der Waals surface area (Å²) in [6, 6.07) is 20.3. The number of aromatic nitrogens is 1. The van der Waals surface area contributed by atoms with E-state index in [1.54, 1.807) is 13.0 Å². The molecule has 25 heavy (non-hydrogen) atoms. The predicted molar refractivity (Wildman–Crippen MR) is 95.0 cm³/mol. The SMILES string of the molecule is CC(NC(=O)c1cc(-c2ccccc2)no1)C(O)Cc1ccccc1. The van der Waals surface area contributed by atoms with Crippen molar-refractivity contribution in [2.24, 2.45) is 0 Å². The third-order valence-corrected chi connectivity index (χ3v) is 4.03. The second kappa shape index (κ2) is 7.77. The molecule has 0 aliphatic rings. The van der Waals surface area contributed by atoms with Gasteiger partial charge in [-0.15, -0.1) is 0 Å². The van der Waals surface area contributed by atoms with Gasteiger partial charge in [0.1, 0.15) is 5.69 Å². The van der Waals surface area contributed by atoms with Crippen LogP contribution in [0.15, 0.2) is 71.3 Å². The van der Waals surface area contributed by atoms with Crippen molar-refractivity contribution in [3.8, 4) is 11.3 Å². The molecule has 0 saturated heterocycles. The molecule has 5 nitrogen and oxygen atoms in total. The fraction of sp³-hybridized carbons (Fsp3) is 0.200. The summed E-state index contributed by atoms with van der Waals surface area (Å²) in [6.45, 7) is 1.76. The molecule has 0 radical (unpaired) electrons. The van der Waals surface area contributed by atoms with E-state index in [-0.39, 0.29) is 5.76 Å². The molecule has 5 heteroatoms. The number of carbonyl (C=O) groups is 1. The van der Waals surface area contributed by atoms with Crippen molar-refractivity contribution in [2.45, 2.75) is 25.5 Å². The first-order valence-electron chi connectivity index (χ1n) is 8.18. The molecule has 2 N–H and O–H groups in total. The smallest absolute Gasteiger partial charge is 0.290 e. The summed E-state index contributed by atoms with van der Waals surface area (Å²) >= 11 is 0. The number of aliphatic hydroxyl groups is 1. The lowest BCUT2D eigenvalue weighted by Crippen LogP contribution is -2.42. The van der Waals surface area contributed by atoms with E-state index >= 15 is 0 Å². The number of hydrogen-bond donors (Lipinski definition) is 2. The highest BCUT2D eigenvalue weighted by Gasteiger charge is 2.20. The van der Waals surface area contributed by atoms with Crippen LogP contribution in [0.5, 0.6) is 0 Å². The quantitative estimate of drug-likeness (QED) is 0.725. The lowest BCUT2D eigenvalue weighted by atomic mass is 10.0. The van der Waals surface area contributed by atoms with Crippen molar-refractivity contribution in [3.63, 3.8) is 0 Å². The van der Waals surface area contributed by atoms with Crippen molar-refractivity contribution in [1.29, 1.82) is 0 Å². The highest BCUT2D eigenvalue weighted by Crippen LogP contribution is 2.18. The zero-order valence-corrected chi connectivity index (χ0v) is 13.9. The molecule has 1 heterocycles. The lowest BCUT2D eigenvalue weighted by Gasteiger charge is -2.19. The fourth-order valence-electron chi connectivity index (χ4n) is 2.53. The normalized spacial score (nSPS) is 13.2. The van der Waals surface area contributed by atoms with Gasteiger partial charge in [0.2, 0.25) is 5.76 Å². The van der Waals surface area contributed by atoms with Crippen LogP contribution in [-0.4, -0.2) is 28.3 Å². The van der Waals surface area contributed by atoms with Gasteiger partial charge in [0.25, 0.3) is 5.91 Å². The van der Waals surface area contributed by atoms with E-state index in [4.69, 9.17) is 4.52 Å². The Hall–Kier alpha value is -2.92. The zero-order chi connectivity index (χ0) is 17.6. The second-order valence-electron chi connectivity index (χ2n) is 5.96. The van der Waals surface area contributed by atoms with Crippen LogP contribution >= 0.6 is 0 Å². The van der Waals surface area contributed by atoms with E-state index in [0.29, 0.717) is 12.1 Å². The van der Waals surface area contributed by atoms with Gasteiger partial charge in [-0.3, -0.25) is 4.79 Å². The third-order valence-electron chi connectivity index (χ3n) is 4.03. The molecule has 128 valence electrons. The van der Waals surface area contributed by atoms with Gasteiger partial charge in [-0.1, -0.05) is 65.8 Å². The van der Waals surface area contributed by atoms with E-state index in [2.05, 4.69) is 10.5 Å². The Morgan fingerprint density at radius 1 is 1.12 bits per heavy atom. The summed E-state index contributed by atoms with van der Waals surface area (Å²) in [5, 5.41) is 17.0. The van der Waals surface area contributed by atoms with E-state index in [9.17, 15) is 9.90 Å². The standard InChI is InChI=1S/C20H20N2O3/c1-14(18(23)12-15-8-4-2-5-9-15)21-20(24)19-13-17(22-25-19)16-10-6-3-7-11-16/h2-11,13-14,18,23H,12H2,1H3,(H,21,24). The number of nitrogens with one attached hydrogen (secondary N) is 1. The first-order chi connectivity index (χ1) is 12.1. The fourth-order valence-corrected chi connectivity index (χ4v) is 2.53. The van der Waals surface area contributed by atoms with Crippen LogP contribution in [0.2, 0.25) is 0 Å². The molecule has 0 bridgehead atoms. The Morgan fingerprint density at radius 3 is 2.44 bits per heavy atom. The third kappa shape index (κ3) is 4.33. The number of amides is 1. The minimum absolute atomic E-state index is 0.123. The van der Waals surface area contributed by atoms with Crippen LogP contribution in [-0.2, 0) is 6.42 Å². The molecule has 2 unspecified atom stereocenters. The van der Waals surface area contributed by atoms with E-state index in [1.165, 1.54) is 0 Å². The molecular formula is C20H20N2O3. The minimum atomic E-state index is -0.692. The molecule has 0 spiro atoms. The van der Waals surface area contributed by atoms with Crippen molar-refractivity contribution < 1.29 is 14.4 Å². The molecule has 1 amide bonds. The maximum Gasteiger partial charge on any atom is 0.290 e. The second-order valence-corrected chi connectivity index (χ2v) is 5.96. The van der Waals surface area contributed by atoms with Gasteiger partial charge < -0.3 is 14.9 Å². The number of aliphatic hydroxyl groups excluding tert-OH is 1. The van der Waals surface area contributed by atoms with E-state index in [0.717, 1.165) is 11.1 Å². The molecule has 2 aromatic carbocycles. The Kier molecular flexibility index (Phi) is 5.26. The summed E-state index contributed by atoms with van der Waals surface area (Å²) < 4.78 is 5.14. The molecule has 2 atom stereocenters. The Labute approximate surface area is 146 Å². The number of rotatable bonds is 6. The minimum Gasteiger partial charge on any atom is -0.391 e. The molecule has 0 saturated carbocycles. The van der Waals surface area contributed by atoms with Crippen LogP contribution < -0.4 is 5.32 Å². The van der Waals surface area contributed by atoms with Crippen LogP contribution in [0.4, 0.5) is 0 Å². The average molecular weight is 336 g/mol. The van der Waals surface area contributed by atoms with Gasteiger partial charge in [0, 0.05) is 18.1 Å². The maximum atomic E-state index is 12.3. The summed E-state index contributed by atoms with van der Waals surface area (Å²) in [5.41, 5.74) is 2.49. The van der Waals surface area contributed by atoms with Gasteiger partial charge in [-0.2, -0.15) is 0 Å². The summed E-state index contributed by atoms with van der Waals surface area (Å²) in [5.74, 6) is -0.271. The highest BCUT2D eigenvalue weighted by atomic mass is 16.5. The zero-order valence-electron chi connectivity index (χ0n) is 13.9. The van der Waals surface area contributed by atoms with Gasteiger partial charge >= 0.3 is 0 Å². The molecule has 0 aliphatic carbocycles. The highest BCUT2D eigenvalue weighted by molar-refractivity contribution is 5.92. The van der Waals surface area contributed by atoms with E-state index in [1.807, 2.05) is 60.7 Å². The van der Waals surface area contributed by atoms with Gasteiger partial charge in [0.15, 0.2) is 0 Å². The summed E-state index contributed by atoms with van der Waals surface area (Å²) in [7, 11) is 0. The van der Waals surface area contributed by atoms with Crippen molar-refractivity contribution in [3.05, 3.63) is 78.1 Å². The average Bonchev–Trinajstić information content (AvgIpc) is 3.13.